The van der Waals surface area contributed by atoms with E-state index in [0.717, 1.165) is 6.54 Å². The Balaban J connectivity index is 3.09. The van der Waals surface area contributed by atoms with Crippen LogP contribution in [0.2, 0.25) is 0 Å². The molecule has 0 saturated carbocycles. The maximum absolute atomic E-state index is 3.69. The molecule has 0 aromatic heterocycles. The van der Waals surface area contributed by atoms with Crippen molar-refractivity contribution in [3.05, 3.63) is 34.9 Å². The van der Waals surface area contributed by atoms with Gasteiger partial charge in [0.05, 0.1) is 0 Å². The average molecular weight is 233 g/mol. The molecule has 1 unspecified atom stereocenters. The molecule has 0 amide bonds. The second kappa shape index (κ2) is 5.68. The molecule has 1 N–H and O–H groups in total. The molecule has 96 valence electrons. The van der Waals surface area contributed by atoms with E-state index in [-0.39, 0.29) is 5.41 Å². The highest BCUT2D eigenvalue weighted by atomic mass is 14.9. The van der Waals surface area contributed by atoms with Crippen LogP contribution in [-0.4, -0.2) is 6.54 Å². The molecule has 0 saturated heterocycles. The van der Waals surface area contributed by atoms with Gasteiger partial charge in [0.2, 0.25) is 0 Å². The molecule has 1 aromatic rings. The summed E-state index contributed by atoms with van der Waals surface area (Å²) < 4.78 is 0. The van der Waals surface area contributed by atoms with Gasteiger partial charge >= 0.3 is 0 Å². The van der Waals surface area contributed by atoms with Crippen LogP contribution in [0.5, 0.6) is 0 Å². The van der Waals surface area contributed by atoms with E-state index in [2.05, 4.69) is 65.1 Å². The van der Waals surface area contributed by atoms with Crippen LogP contribution in [0.3, 0.4) is 0 Å². The van der Waals surface area contributed by atoms with Crippen molar-refractivity contribution in [1.82, 2.24) is 5.32 Å². The van der Waals surface area contributed by atoms with Crippen LogP contribution in [0.4, 0.5) is 0 Å². The molecule has 1 aromatic carbocycles. The first-order valence-electron chi connectivity index (χ1n) is 6.67. The van der Waals surface area contributed by atoms with Crippen molar-refractivity contribution in [3.8, 4) is 0 Å². The lowest BCUT2D eigenvalue weighted by Gasteiger charge is -2.33. The standard InChI is InChI=1S/C16H27N/c1-7-11-17-15(16(4,5)6)14-10-8-9-12(2)13(14)3/h8-10,15,17H,7,11H2,1-6H3. The summed E-state index contributed by atoms with van der Waals surface area (Å²) in [7, 11) is 0. The van der Waals surface area contributed by atoms with Crippen LogP contribution >= 0.6 is 0 Å². The Hall–Kier alpha value is -0.820. The normalized spacial score (nSPS) is 13.8. The SMILES string of the molecule is CCCNC(c1cccc(C)c1C)C(C)(C)C. The fraction of sp³-hybridized carbons (Fsp3) is 0.625. The molecule has 0 radical (unpaired) electrons. The van der Waals surface area contributed by atoms with Crippen LogP contribution in [0.15, 0.2) is 18.2 Å². The molecule has 17 heavy (non-hydrogen) atoms. The highest BCUT2D eigenvalue weighted by Gasteiger charge is 2.26. The van der Waals surface area contributed by atoms with E-state index < -0.39 is 0 Å². The molecule has 0 spiro atoms. The molecule has 0 aliphatic rings. The summed E-state index contributed by atoms with van der Waals surface area (Å²) in [5.41, 5.74) is 4.50. The summed E-state index contributed by atoms with van der Waals surface area (Å²) in [6.45, 7) is 14.6. The van der Waals surface area contributed by atoms with Crippen molar-refractivity contribution < 1.29 is 0 Å². The van der Waals surface area contributed by atoms with E-state index in [9.17, 15) is 0 Å². The quantitative estimate of drug-likeness (QED) is 0.813. The lowest BCUT2D eigenvalue weighted by Crippen LogP contribution is -2.33. The fourth-order valence-corrected chi connectivity index (χ4v) is 2.26. The van der Waals surface area contributed by atoms with Gasteiger partial charge in [-0.1, -0.05) is 45.9 Å². The molecule has 0 fully saturated rings. The molecule has 1 heteroatoms. The molecule has 0 aliphatic carbocycles. The number of nitrogens with one attached hydrogen (secondary N) is 1. The van der Waals surface area contributed by atoms with Gasteiger partial charge < -0.3 is 5.32 Å². The Morgan fingerprint density at radius 2 is 1.82 bits per heavy atom. The highest BCUT2D eigenvalue weighted by Crippen LogP contribution is 2.35. The van der Waals surface area contributed by atoms with Gasteiger partial charge in [-0.25, -0.2) is 0 Å². The predicted molar refractivity (Wildman–Crippen MR) is 76.4 cm³/mol. The molecular formula is C16H27N. The summed E-state index contributed by atoms with van der Waals surface area (Å²) in [6, 6.07) is 7.06. The molecule has 1 atom stereocenters. The minimum absolute atomic E-state index is 0.244. The van der Waals surface area contributed by atoms with Crippen LogP contribution in [-0.2, 0) is 0 Å². The van der Waals surface area contributed by atoms with Gasteiger partial charge in [-0.05, 0) is 48.9 Å². The van der Waals surface area contributed by atoms with Gasteiger partial charge in [-0.3, -0.25) is 0 Å². The number of aryl methyl sites for hydroxylation is 1. The maximum atomic E-state index is 3.69. The van der Waals surface area contributed by atoms with E-state index >= 15 is 0 Å². The van der Waals surface area contributed by atoms with E-state index in [1.54, 1.807) is 0 Å². The van der Waals surface area contributed by atoms with Gasteiger partial charge in [0.15, 0.2) is 0 Å². The number of hydrogen-bond acceptors (Lipinski definition) is 1. The summed E-state index contributed by atoms with van der Waals surface area (Å²) in [5.74, 6) is 0. The lowest BCUT2D eigenvalue weighted by molar-refractivity contribution is 0.272. The van der Waals surface area contributed by atoms with Gasteiger partial charge in [0, 0.05) is 6.04 Å². The smallest absolute Gasteiger partial charge is 0.0371 e. The van der Waals surface area contributed by atoms with Gasteiger partial charge in [0.1, 0.15) is 0 Å². The van der Waals surface area contributed by atoms with E-state index in [1.807, 2.05) is 0 Å². The monoisotopic (exact) mass is 233 g/mol. The second-order valence-electron chi connectivity index (χ2n) is 6.04. The van der Waals surface area contributed by atoms with Crippen LogP contribution in [0.1, 0.15) is 56.8 Å². The van der Waals surface area contributed by atoms with Crippen molar-refractivity contribution in [2.45, 2.75) is 54.0 Å². The number of rotatable bonds is 4. The highest BCUT2D eigenvalue weighted by molar-refractivity contribution is 5.36. The van der Waals surface area contributed by atoms with E-state index in [4.69, 9.17) is 0 Å². The molecule has 0 bridgehead atoms. The van der Waals surface area contributed by atoms with Gasteiger partial charge in [-0.15, -0.1) is 0 Å². The van der Waals surface area contributed by atoms with Gasteiger partial charge in [-0.2, -0.15) is 0 Å². The number of hydrogen-bond donors (Lipinski definition) is 1. The minimum atomic E-state index is 0.244. The summed E-state index contributed by atoms with van der Waals surface area (Å²) >= 11 is 0. The first-order valence-corrected chi connectivity index (χ1v) is 6.67. The van der Waals surface area contributed by atoms with Crippen molar-refractivity contribution in [2.75, 3.05) is 6.54 Å². The predicted octanol–water partition coefficient (Wildman–Crippen LogP) is 4.39. The topological polar surface area (TPSA) is 12.0 Å². The van der Waals surface area contributed by atoms with Crippen LogP contribution in [0, 0.1) is 19.3 Å². The third-order valence-corrected chi connectivity index (χ3v) is 3.42. The van der Waals surface area contributed by atoms with Crippen LogP contribution < -0.4 is 5.32 Å². The lowest BCUT2D eigenvalue weighted by atomic mass is 9.80. The van der Waals surface area contributed by atoms with Crippen molar-refractivity contribution in [2.24, 2.45) is 5.41 Å². The van der Waals surface area contributed by atoms with E-state index in [0.29, 0.717) is 6.04 Å². The molecule has 1 nitrogen and oxygen atoms in total. The molecule has 1 rings (SSSR count). The Morgan fingerprint density at radius 3 is 2.35 bits per heavy atom. The summed E-state index contributed by atoms with van der Waals surface area (Å²) in [4.78, 5) is 0. The first-order chi connectivity index (χ1) is 7.88. The molecular weight excluding hydrogens is 206 g/mol. The Bertz CT molecular complexity index is 360. The minimum Gasteiger partial charge on any atom is -0.309 e. The third-order valence-electron chi connectivity index (χ3n) is 3.42. The zero-order valence-corrected chi connectivity index (χ0v) is 12.2. The Kier molecular flexibility index (Phi) is 4.76. The summed E-state index contributed by atoms with van der Waals surface area (Å²) in [5, 5.41) is 3.69. The van der Waals surface area contributed by atoms with E-state index in [1.165, 1.54) is 23.1 Å². The zero-order valence-electron chi connectivity index (χ0n) is 12.2. The average Bonchev–Trinajstić information content (AvgIpc) is 2.22. The molecule has 0 aliphatic heterocycles. The van der Waals surface area contributed by atoms with Crippen molar-refractivity contribution in [1.29, 1.82) is 0 Å². The first kappa shape index (κ1) is 14.2. The van der Waals surface area contributed by atoms with Gasteiger partial charge in [0.25, 0.3) is 0 Å². The Labute approximate surface area is 107 Å². The van der Waals surface area contributed by atoms with Crippen LogP contribution in [0.25, 0.3) is 0 Å². The molecule has 0 heterocycles. The van der Waals surface area contributed by atoms with Crippen molar-refractivity contribution in [3.63, 3.8) is 0 Å². The third kappa shape index (κ3) is 3.57. The fourth-order valence-electron chi connectivity index (χ4n) is 2.26. The maximum Gasteiger partial charge on any atom is 0.0371 e. The Morgan fingerprint density at radius 1 is 1.18 bits per heavy atom. The number of benzene rings is 1. The largest absolute Gasteiger partial charge is 0.309 e. The summed E-state index contributed by atoms with van der Waals surface area (Å²) in [6.07, 6.45) is 1.18. The van der Waals surface area contributed by atoms with Crippen molar-refractivity contribution >= 4 is 0 Å². The zero-order chi connectivity index (χ0) is 13.1. The second-order valence-corrected chi connectivity index (χ2v) is 6.04.